The molecule has 0 unspecified atom stereocenters. The number of aliphatic hydroxyl groups excluding tert-OH is 1. The molecule has 0 saturated heterocycles. The van der Waals surface area contributed by atoms with Gasteiger partial charge in [-0.1, -0.05) is 48.5 Å². The van der Waals surface area contributed by atoms with Crippen LogP contribution in [0.15, 0.2) is 83.7 Å². The number of fused-ring (bicyclic) bond motifs is 1. The first-order valence-electron chi connectivity index (χ1n) is 16.9. The molecule has 0 amide bonds. The SMILES string of the molecule is C[C@@H](Cc1ccc(OCCC23CC4CC(CC(C4)C2)C3)cc1)NC[C@H](O)c1ccc(OCc2ccccc2)c2[nH]c(=O)ccc12. The molecular weight excluding hydrogens is 560 g/mol. The predicted octanol–water partition coefficient (Wildman–Crippen LogP) is 7.35. The minimum Gasteiger partial charge on any atom is -0.494 e. The largest absolute Gasteiger partial charge is 0.494 e. The van der Waals surface area contributed by atoms with Crippen molar-refractivity contribution in [3.63, 3.8) is 0 Å². The second kappa shape index (κ2) is 13.0. The van der Waals surface area contributed by atoms with E-state index in [4.69, 9.17) is 9.47 Å². The van der Waals surface area contributed by atoms with Crippen LogP contribution in [0.3, 0.4) is 0 Å². The Labute approximate surface area is 266 Å². The molecule has 6 nitrogen and oxygen atoms in total. The van der Waals surface area contributed by atoms with Gasteiger partial charge in [0.25, 0.3) is 0 Å². The second-order valence-electron chi connectivity index (χ2n) is 14.2. The summed E-state index contributed by atoms with van der Waals surface area (Å²) in [6, 6.07) is 25.6. The van der Waals surface area contributed by atoms with Crippen LogP contribution in [-0.2, 0) is 13.0 Å². The van der Waals surface area contributed by atoms with E-state index in [1.54, 1.807) is 6.07 Å². The number of H-pyrrole nitrogens is 1. The molecule has 3 N–H and O–H groups in total. The summed E-state index contributed by atoms with van der Waals surface area (Å²) in [4.78, 5) is 15.1. The third-order valence-corrected chi connectivity index (χ3v) is 10.7. The third kappa shape index (κ3) is 6.97. The number of pyridine rings is 1. The fourth-order valence-electron chi connectivity index (χ4n) is 8.95. The summed E-state index contributed by atoms with van der Waals surface area (Å²) in [5, 5.41) is 15.4. The molecule has 4 aliphatic rings. The molecule has 0 aliphatic heterocycles. The van der Waals surface area contributed by atoms with E-state index >= 15 is 0 Å². The van der Waals surface area contributed by atoms with Crippen LogP contribution in [0, 0.1) is 23.2 Å². The molecule has 4 aliphatic carbocycles. The van der Waals surface area contributed by atoms with Crippen LogP contribution in [0.5, 0.6) is 11.5 Å². The first kappa shape index (κ1) is 30.1. The zero-order valence-electron chi connectivity index (χ0n) is 26.3. The van der Waals surface area contributed by atoms with Crippen molar-refractivity contribution in [2.24, 2.45) is 23.2 Å². The Morgan fingerprint density at radius 1 is 0.867 bits per heavy atom. The highest BCUT2D eigenvalue weighted by atomic mass is 16.5. The van der Waals surface area contributed by atoms with Gasteiger partial charge in [0.15, 0.2) is 0 Å². The lowest BCUT2D eigenvalue weighted by atomic mass is 9.49. The van der Waals surface area contributed by atoms with Crippen LogP contribution in [-0.4, -0.2) is 29.3 Å². The number of rotatable bonds is 13. The Morgan fingerprint density at radius 2 is 1.58 bits per heavy atom. The normalized spacial score (nSPS) is 24.9. The highest BCUT2D eigenvalue weighted by Crippen LogP contribution is 2.61. The van der Waals surface area contributed by atoms with Crippen molar-refractivity contribution >= 4 is 10.9 Å². The smallest absolute Gasteiger partial charge is 0.248 e. The van der Waals surface area contributed by atoms with Crippen molar-refractivity contribution in [1.82, 2.24) is 10.3 Å². The summed E-state index contributed by atoms with van der Waals surface area (Å²) in [6.45, 7) is 3.75. The van der Waals surface area contributed by atoms with E-state index in [1.807, 2.05) is 42.5 Å². The molecule has 45 heavy (non-hydrogen) atoms. The van der Waals surface area contributed by atoms with Crippen LogP contribution >= 0.6 is 0 Å². The van der Waals surface area contributed by atoms with Gasteiger partial charge in [-0.2, -0.15) is 0 Å². The molecule has 236 valence electrons. The van der Waals surface area contributed by atoms with Gasteiger partial charge in [0.05, 0.1) is 18.2 Å². The van der Waals surface area contributed by atoms with E-state index in [9.17, 15) is 9.90 Å². The number of hydrogen-bond donors (Lipinski definition) is 3. The molecule has 3 aromatic carbocycles. The summed E-state index contributed by atoms with van der Waals surface area (Å²) < 4.78 is 12.3. The molecule has 4 aromatic rings. The van der Waals surface area contributed by atoms with Gasteiger partial charge >= 0.3 is 0 Å². The maximum absolute atomic E-state index is 12.2. The van der Waals surface area contributed by atoms with Crippen molar-refractivity contribution in [1.29, 1.82) is 0 Å². The molecule has 2 atom stereocenters. The van der Waals surface area contributed by atoms with E-state index in [1.165, 1.54) is 56.6 Å². The minimum absolute atomic E-state index is 0.169. The van der Waals surface area contributed by atoms with Gasteiger partial charge in [-0.3, -0.25) is 4.79 Å². The zero-order chi connectivity index (χ0) is 30.8. The number of aromatic amines is 1. The summed E-state index contributed by atoms with van der Waals surface area (Å²) in [5.74, 6) is 4.51. The van der Waals surface area contributed by atoms with E-state index in [-0.39, 0.29) is 11.6 Å². The van der Waals surface area contributed by atoms with E-state index in [2.05, 4.69) is 41.5 Å². The van der Waals surface area contributed by atoms with Crippen molar-refractivity contribution in [3.8, 4) is 11.5 Å². The molecule has 1 aromatic heterocycles. The van der Waals surface area contributed by atoms with Crippen molar-refractivity contribution in [3.05, 3.63) is 106 Å². The molecule has 6 heteroatoms. The molecule has 4 fully saturated rings. The lowest BCUT2D eigenvalue weighted by Crippen LogP contribution is -2.46. The number of aromatic nitrogens is 1. The number of nitrogens with one attached hydrogen (secondary N) is 2. The number of hydrogen-bond acceptors (Lipinski definition) is 5. The van der Waals surface area contributed by atoms with Gasteiger partial charge in [-0.15, -0.1) is 0 Å². The number of aliphatic hydroxyl groups is 1. The highest BCUT2D eigenvalue weighted by Gasteiger charge is 2.50. The lowest BCUT2D eigenvalue weighted by molar-refractivity contribution is -0.0622. The molecule has 1 heterocycles. The van der Waals surface area contributed by atoms with Gasteiger partial charge in [0.2, 0.25) is 5.56 Å². The summed E-state index contributed by atoms with van der Waals surface area (Å²) >= 11 is 0. The average Bonchev–Trinajstić information content (AvgIpc) is 3.03. The lowest BCUT2D eigenvalue weighted by Gasteiger charge is -2.57. The molecule has 0 radical (unpaired) electrons. The van der Waals surface area contributed by atoms with E-state index < -0.39 is 6.10 Å². The second-order valence-corrected chi connectivity index (χ2v) is 14.2. The topological polar surface area (TPSA) is 83.6 Å². The van der Waals surface area contributed by atoms with Crippen molar-refractivity contribution in [2.75, 3.05) is 13.2 Å². The Bertz CT molecular complexity index is 1610. The van der Waals surface area contributed by atoms with Gasteiger partial charge in [0, 0.05) is 24.0 Å². The maximum Gasteiger partial charge on any atom is 0.248 e. The number of benzene rings is 3. The Morgan fingerprint density at radius 3 is 2.29 bits per heavy atom. The Kier molecular flexibility index (Phi) is 8.70. The van der Waals surface area contributed by atoms with Gasteiger partial charge in [-0.05, 0) is 122 Å². The van der Waals surface area contributed by atoms with Crippen LogP contribution < -0.4 is 20.3 Å². The maximum atomic E-state index is 12.2. The quantitative estimate of drug-likeness (QED) is 0.148. The first-order valence-corrected chi connectivity index (χ1v) is 16.9. The van der Waals surface area contributed by atoms with Crippen LogP contribution in [0.1, 0.15) is 74.7 Å². The standard InChI is InChI=1S/C39H46N2O4/c1-26(17-27-7-9-32(10-8-27)44-16-15-39-21-29-18-30(22-39)20-31(19-29)23-39)40-24-35(42)33-11-13-36(38-34(33)12-14-37(43)41-38)45-25-28-5-3-2-4-6-28/h2-14,26,29-31,35,40,42H,15-25H2,1H3,(H,41,43)/t26-,29?,30?,31?,35-,39?/m0/s1. The summed E-state index contributed by atoms with van der Waals surface area (Å²) in [6.07, 6.45) is 10.1. The number of ether oxygens (including phenoxy) is 2. The summed E-state index contributed by atoms with van der Waals surface area (Å²) in [5.41, 5.74) is 3.99. The van der Waals surface area contributed by atoms with E-state index in [0.717, 1.165) is 53.0 Å². The molecule has 8 rings (SSSR count). The highest BCUT2D eigenvalue weighted by molar-refractivity contribution is 5.87. The van der Waals surface area contributed by atoms with Gasteiger partial charge in [-0.25, -0.2) is 0 Å². The Hall–Kier alpha value is -3.61. The monoisotopic (exact) mass is 606 g/mol. The summed E-state index contributed by atoms with van der Waals surface area (Å²) in [7, 11) is 0. The predicted molar refractivity (Wildman–Crippen MR) is 179 cm³/mol. The fourth-order valence-corrected chi connectivity index (χ4v) is 8.95. The van der Waals surface area contributed by atoms with Crippen LogP contribution in [0.2, 0.25) is 0 Å². The zero-order valence-corrected chi connectivity index (χ0v) is 26.3. The van der Waals surface area contributed by atoms with Gasteiger partial charge < -0.3 is 24.9 Å². The molecule has 4 saturated carbocycles. The molecule has 4 bridgehead atoms. The molecule has 0 spiro atoms. The van der Waals surface area contributed by atoms with Crippen LogP contribution in [0.4, 0.5) is 0 Å². The van der Waals surface area contributed by atoms with Crippen LogP contribution in [0.25, 0.3) is 10.9 Å². The average molecular weight is 607 g/mol. The van der Waals surface area contributed by atoms with Crippen molar-refractivity contribution < 1.29 is 14.6 Å². The van der Waals surface area contributed by atoms with E-state index in [0.29, 0.717) is 29.8 Å². The third-order valence-electron chi connectivity index (χ3n) is 10.7. The van der Waals surface area contributed by atoms with Gasteiger partial charge in [0.1, 0.15) is 18.1 Å². The Balaban J connectivity index is 0.906. The fraction of sp³-hybridized carbons (Fsp3) is 0.462. The first-order chi connectivity index (χ1) is 21.9. The van der Waals surface area contributed by atoms with Crippen molar-refractivity contribution in [2.45, 2.75) is 77.0 Å². The minimum atomic E-state index is -0.742. The molecular formula is C39H46N2O4.